The summed E-state index contributed by atoms with van der Waals surface area (Å²) >= 11 is 12.9. The van der Waals surface area contributed by atoms with E-state index in [2.05, 4.69) is 36.8 Å². The maximum Gasteiger partial charge on any atom is 0.125 e. The van der Waals surface area contributed by atoms with Gasteiger partial charge in [0.1, 0.15) is 12.4 Å². The molecular formula is C13H10Br2ClNO. The van der Waals surface area contributed by atoms with Gasteiger partial charge in [-0.25, -0.2) is 0 Å². The molecular weight excluding hydrogens is 381 g/mol. The lowest BCUT2D eigenvalue weighted by atomic mass is 10.2. The third-order valence-electron chi connectivity index (χ3n) is 2.37. The van der Waals surface area contributed by atoms with E-state index in [1.165, 1.54) is 0 Å². The summed E-state index contributed by atoms with van der Waals surface area (Å²) in [5.74, 6) is 0.791. The molecule has 18 heavy (non-hydrogen) atoms. The fraction of sp³-hybridized carbons (Fsp3) is 0.154. The Morgan fingerprint density at radius 2 is 2.11 bits per heavy atom. The van der Waals surface area contributed by atoms with Crippen molar-refractivity contribution in [2.45, 2.75) is 11.9 Å². The van der Waals surface area contributed by atoms with Gasteiger partial charge in [0.05, 0.1) is 0 Å². The molecule has 0 fully saturated rings. The van der Waals surface area contributed by atoms with Gasteiger partial charge in [0.15, 0.2) is 0 Å². The number of hydrogen-bond acceptors (Lipinski definition) is 2. The van der Waals surface area contributed by atoms with E-state index in [9.17, 15) is 0 Å². The van der Waals surface area contributed by atoms with E-state index in [1.54, 1.807) is 12.4 Å². The van der Waals surface area contributed by atoms with E-state index < -0.39 is 0 Å². The zero-order chi connectivity index (χ0) is 13.0. The molecule has 5 heteroatoms. The number of hydrogen-bond donors (Lipinski definition) is 0. The first-order valence-electron chi connectivity index (χ1n) is 5.26. The average Bonchev–Trinajstić information content (AvgIpc) is 2.36. The first-order valence-corrected chi connectivity index (χ1v) is 7.55. The highest BCUT2D eigenvalue weighted by atomic mass is 79.9. The van der Waals surface area contributed by atoms with Crippen LogP contribution < -0.4 is 4.74 Å². The van der Waals surface area contributed by atoms with E-state index >= 15 is 0 Å². The number of nitrogens with zero attached hydrogens (tertiary/aromatic N) is 1. The average molecular weight is 391 g/mol. The molecule has 0 radical (unpaired) electrons. The molecule has 0 spiro atoms. The monoisotopic (exact) mass is 389 g/mol. The van der Waals surface area contributed by atoms with Crippen molar-refractivity contribution in [1.29, 1.82) is 0 Å². The van der Waals surface area contributed by atoms with Crippen LogP contribution in [-0.2, 0) is 11.9 Å². The van der Waals surface area contributed by atoms with Crippen molar-refractivity contribution in [1.82, 2.24) is 4.98 Å². The van der Waals surface area contributed by atoms with Crippen molar-refractivity contribution in [2.24, 2.45) is 0 Å². The molecule has 2 nitrogen and oxygen atoms in total. The summed E-state index contributed by atoms with van der Waals surface area (Å²) in [6.45, 7) is 0.465. The zero-order valence-electron chi connectivity index (χ0n) is 9.37. The lowest BCUT2D eigenvalue weighted by Crippen LogP contribution is -1.98. The highest BCUT2D eigenvalue weighted by molar-refractivity contribution is 9.10. The lowest BCUT2D eigenvalue weighted by molar-refractivity contribution is 0.303. The van der Waals surface area contributed by atoms with Crippen molar-refractivity contribution in [3.8, 4) is 5.75 Å². The third kappa shape index (κ3) is 3.46. The number of aromatic nitrogens is 1. The lowest BCUT2D eigenvalue weighted by Gasteiger charge is -2.11. The van der Waals surface area contributed by atoms with Gasteiger partial charge in [0, 0.05) is 38.3 Å². The first kappa shape index (κ1) is 13.8. The van der Waals surface area contributed by atoms with Crippen LogP contribution in [0.3, 0.4) is 0 Å². The van der Waals surface area contributed by atoms with Gasteiger partial charge in [-0.2, -0.15) is 0 Å². The van der Waals surface area contributed by atoms with Gasteiger partial charge in [-0.05, 0) is 34.1 Å². The van der Waals surface area contributed by atoms with Gasteiger partial charge >= 0.3 is 0 Å². The Morgan fingerprint density at radius 3 is 2.83 bits per heavy atom. The van der Waals surface area contributed by atoms with Crippen LogP contribution in [0.25, 0.3) is 0 Å². The summed E-state index contributed by atoms with van der Waals surface area (Å²) in [6, 6.07) is 7.62. The largest absolute Gasteiger partial charge is 0.488 e. The van der Waals surface area contributed by atoms with Gasteiger partial charge in [-0.3, -0.25) is 4.98 Å². The number of halogens is 3. The number of pyridine rings is 1. The Labute approximate surface area is 128 Å². The maximum absolute atomic E-state index is 6.11. The Kier molecular flexibility index (Phi) is 5.03. The van der Waals surface area contributed by atoms with Crippen LogP contribution in [0.15, 0.2) is 41.1 Å². The maximum atomic E-state index is 6.11. The van der Waals surface area contributed by atoms with Gasteiger partial charge < -0.3 is 4.74 Å². The fourth-order valence-corrected chi connectivity index (χ4v) is 2.88. The Balaban J connectivity index is 2.13. The van der Waals surface area contributed by atoms with E-state index in [0.29, 0.717) is 17.0 Å². The molecule has 0 saturated heterocycles. The highest BCUT2D eigenvalue weighted by Crippen LogP contribution is 2.29. The molecule has 1 heterocycles. The molecule has 0 aliphatic carbocycles. The second kappa shape index (κ2) is 6.55. The second-order valence-corrected chi connectivity index (χ2v) is 5.53. The Morgan fingerprint density at radius 1 is 1.28 bits per heavy atom. The summed E-state index contributed by atoms with van der Waals surface area (Å²) in [7, 11) is 0. The van der Waals surface area contributed by atoms with Crippen LogP contribution >= 0.6 is 43.5 Å². The van der Waals surface area contributed by atoms with E-state index in [4.69, 9.17) is 16.3 Å². The van der Waals surface area contributed by atoms with Crippen LogP contribution in [0.5, 0.6) is 5.75 Å². The summed E-state index contributed by atoms with van der Waals surface area (Å²) in [6.07, 6.45) is 3.52. The van der Waals surface area contributed by atoms with Gasteiger partial charge in [0.25, 0.3) is 0 Å². The number of benzene rings is 1. The molecule has 0 atom stereocenters. The Bertz CT molecular complexity index is 548. The van der Waals surface area contributed by atoms with Crippen molar-refractivity contribution < 1.29 is 4.74 Å². The van der Waals surface area contributed by atoms with Gasteiger partial charge in [0.2, 0.25) is 0 Å². The minimum atomic E-state index is 0.465. The molecule has 0 N–H and O–H groups in total. The second-order valence-electron chi connectivity index (χ2n) is 3.65. The topological polar surface area (TPSA) is 22.1 Å². The first-order chi connectivity index (χ1) is 8.70. The molecule has 0 unspecified atom stereocenters. The number of rotatable bonds is 4. The molecule has 0 bridgehead atoms. The van der Waals surface area contributed by atoms with Crippen molar-refractivity contribution >= 4 is 43.5 Å². The molecule has 1 aromatic heterocycles. The SMILES string of the molecule is Clc1cccc(OCc2cncc(Br)c2)c1CBr. The van der Waals surface area contributed by atoms with E-state index in [0.717, 1.165) is 21.3 Å². The van der Waals surface area contributed by atoms with E-state index in [1.807, 2.05) is 24.3 Å². The fourth-order valence-electron chi connectivity index (χ4n) is 1.50. The van der Waals surface area contributed by atoms with Crippen molar-refractivity contribution in [3.05, 3.63) is 57.3 Å². The predicted octanol–water partition coefficient (Wildman–Crippen LogP) is 4.97. The molecule has 0 aliphatic heterocycles. The number of alkyl halides is 1. The molecule has 0 saturated carbocycles. The quantitative estimate of drug-likeness (QED) is 0.687. The molecule has 1 aromatic carbocycles. The molecule has 0 aliphatic rings. The van der Waals surface area contributed by atoms with Gasteiger partial charge in [-0.1, -0.05) is 33.6 Å². The Hall–Kier alpha value is -0.580. The van der Waals surface area contributed by atoms with Gasteiger partial charge in [-0.15, -0.1) is 0 Å². The predicted molar refractivity (Wildman–Crippen MR) is 80.4 cm³/mol. The summed E-state index contributed by atoms with van der Waals surface area (Å²) in [5.41, 5.74) is 1.96. The van der Waals surface area contributed by atoms with Crippen LogP contribution in [0.2, 0.25) is 5.02 Å². The molecule has 94 valence electrons. The standard InChI is InChI=1S/C13H10Br2ClNO/c14-5-11-12(16)2-1-3-13(11)18-8-9-4-10(15)7-17-6-9/h1-4,6-7H,5,8H2. The summed E-state index contributed by atoms with van der Waals surface area (Å²) in [5, 5.41) is 1.37. The number of ether oxygens (including phenoxy) is 1. The molecule has 0 amide bonds. The third-order valence-corrected chi connectivity index (χ3v) is 3.71. The smallest absolute Gasteiger partial charge is 0.125 e. The highest BCUT2D eigenvalue weighted by Gasteiger charge is 2.07. The minimum Gasteiger partial charge on any atom is -0.488 e. The zero-order valence-corrected chi connectivity index (χ0v) is 13.3. The van der Waals surface area contributed by atoms with Crippen LogP contribution in [-0.4, -0.2) is 4.98 Å². The summed E-state index contributed by atoms with van der Waals surface area (Å²) < 4.78 is 6.71. The van der Waals surface area contributed by atoms with Crippen molar-refractivity contribution in [2.75, 3.05) is 0 Å². The minimum absolute atomic E-state index is 0.465. The van der Waals surface area contributed by atoms with Crippen molar-refractivity contribution in [3.63, 3.8) is 0 Å². The van der Waals surface area contributed by atoms with Crippen LogP contribution in [0.1, 0.15) is 11.1 Å². The van der Waals surface area contributed by atoms with Crippen LogP contribution in [0, 0.1) is 0 Å². The van der Waals surface area contributed by atoms with Crippen LogP contribution in [0.4, 0.5) is 0 Å². The summed E-state index contributed by atoms with van der Waals surface area (Å²) in [4.78, 5) is 4.09. The molecule has 2 rings (SSSR count). The molecule has 2 aromatic rings. The van der Waals surface area contributed by atoms with E-state index in [-0.39, 0.29) is 0 Å². The normalized spacial score (nSPS) is 10.4.